The van der Waals surface area contributed by atoms with Crippen LogP contribution in [0.2, 0.25) is 0 Å². The first-order chi connectivity index (χ1) is 5.00. The van der Waals surface area contributed by atoms with Gasteiger partial charge in [-0.25, -0.2) is 8.78 Å². The van der Waals surface area contributed by atoms with Crippen molar-refractivity contribution in [3.05, 3.63) is 23.6 Å². The van der Waals surface area contributed by atoms with Crippen LogP contribution in [0.5, 0.6) is 0 Å². The molecule has 0 spiro atoms. The normalized spacial score (nSPS) is 9.27. The molecule has 0 aromatic heterocycles. The van der Waals surface area contributed by atoms with Crippen LogP contribution in [0, 0.1) is 0 Å². The number of hydrogen-bond acceptors (Lipinski definition) is 0. The van der Waals surface area contributed by atoms with E-state index in [-0.39, 0.29) is 0 Å². The van der Waals surface area contributed by atoms with E-state index in [1.807, 2.05) is 0 Å². The Balaban J connectivity index is 4.84. The lowest BCUT2D eigenvalue weighted by atomic mass is 10.3. The van der Waals surface area contributed by atoms with Crippen LogP contribution in [-0.2, 0) is 0 Å². The summed E-state index contributed by atoms with van der Waals surface area (Å²) in [5, 5.41) is 0. The van der Waals surface area contributed by atoms with Crippen molar-refractivity contribution in [3.63, 3.8) is 0 Å². The van der Waals surface area contributed by atoms with Crippen molar-refractivity contribution in [2.75, 3.05) is 6.67 Å². The molecule has 0 radical (unpaired) electrons. The number of halogens is 6. The van der Waals surface area contributed by atoms with Crippen molar-refractivity contribution in [2.24, 2.45) is 0 Å². The monoisotopic (exact) mass is 176 g/mol. The Hall–Kier alpha value is -0.940. The summed E-state index contributed by atoms with van der Waals surface area (Å²) in [4.78, 5) is 0. The topological polar surface area (TPSA) is 0 Å². The van der Waals surface area contributed by atoms with Crippen LogP contribution in [0.25, 0.3) is 0 Å². The summed E-state index contributed by atoms with van der Waals surface area (Å²) in [6.45, 7) is -1.95. The molecule has 0 aliphatic carbocycles. The molecule has 11 heavy (non-hydrogen) atoms. The average molecular weight is 176 g/mol. The summed E-state index contributed by atoms with van der Waals surface area (Å²) in [7, 11) is 0. The third kappa shape index (κ3) is 2.65. The zero-order valence-corrected chi connectivity index (χ0v) is 4.97. The van der Waals surface area contributed by atoms with Gasteiger partial charge in [-0.05, 0) is 0 Å². The number of allylic oxidation sites excluding steroid dienone is 2. The van der Waals surface area contributed by atoms with Gasteiger partial charge in [0.05, 0.1) is 5.57 Å². The second kappa shape index (κ2) is 4.05. The Kier molecular flexibility index (Phi) is 3.70. The molecular weight excluding hydrogens is 174 g/mol. The SMILES string of the molecule is FCC(=C(F)F)C(F)=C(F)F. The zero-order valence-electron chi connectivity index (χ0n) is 4.97. The molecule has 0 aromatic carbocycles. The molecule has 0 heterocycles. The van der Waals surface area contributed by atoms with Crippen LogP contribution >= 0.6 is 0 Å². The van der Waals surface area contributed by atoms with E-state index < -0.39 is 30.2 Å². The Morgan fingerprint density at radius 3 is 1.36 bits per heavy atom. The van der Waals surface area contributed by atoms with Gasteiger partial charge in [0.15, 0.2) is 5.83 Å². The van der Waals surface area contributed by atoms with E-state index in [9.17, 15) is 26.3 Å². The van der Waals surface area contributed by atoms with Crippen LogP contribution < -0.4 is 0 Å². The molecule has 0 saturated carbocycles. The second-order valence-corrected chi connectivity index (χ2v) is 1.45. The van der Waals surface area contributed by atoms with Gasteiger partial charge in [-0.1, -0.05) is 0 Å². The van der Waals surface area contributed by atoms with E-state index in [2.05, 4.69) is 0 Å². The fourth-order valence-electron chi connectivity index (χ4n) is 0.306. The number of rotatable bonds is 2. The quantitative estimate of drug-likeness (QED) is 0.447. The highest BCUT2D eigenvalue weighted by molar-refractivity contribution is 5.26. The fraction of sp³-hybridized carbons (Fsp3) is 0.200. The molecular formula is C5H2F6. The van der Waals surface area contributed by atoms with Gasteiger partial charge >= 0.3 is 6.08 Å². The number of hydrogen-bond donors (Lipinski definition) is 0. The smallest absolute Gasteiger partial charge is 0.246 e. The van der Waals surface area contributed by atoms with Crippen LogP contribution in [0.4, 0.5) is 26.3 Å². The molecule has 0 nitrogen and oxygen atoms in total. The maximum absolute atomic E-state index is 11.8. The Morgan fingerprint density at radius 2 is 1.27 bits per heavy atom. The van der Waals surface area contributed by atoms with E-state index >= 15 is 0 Å². The molecule has 0 fully saturated rings. The Bertz CT molecular complexity index is 195. The maximum Gasteiger partial charge on any atom is 0.306 e. The highest BCUT2D eigenvalue weighted by Gasteiger charge is 2.17. The molecule has 64 valence electrons. The molecule has 0 aromatic rings. The van der Waals surface area contributed by atoms with Crippen molar-refractivity contribution in [3.8, 4) is 0 Å². The molecule has 0 amide bonds. The van der Waals surface area contributed by atoms with Crippen molar-refractivity contribution in [1.82, 2.24) is 0 Å². The van der Waals surface area contributed by atoms with Crippen molar-refractivity contribution in [1.29, 1.82) is 0 Å². The van der Waals surface area contributed by atoms with Gasteiger partial charge in [0.2, 0.25) is 0 Å². The summed E-state index contributed by atoms with van der Waals surface area (Å²) < 4.78 is 68.2. The van der Waals surface area contributed by atoms with Crippen molar-refractivity contribution >= 4 is 0 Å². The van der Waals surface area contributed by atoms with Gasteiger partial charge in [-0.2, -0.15) is 17.6 Å². The van der Waals surface area contributed by atoms with Gasteiger partial charge in [-0.15, -0.1) is 0 Å². The van der Waals surface area contributed by atoms with Gasteiger partial charge < -0.3 is 0 Å². The fourth-order valence-corrected chi connectivity index (χ4v) is 0.306. The van der Waals surface area contributed by atoms with E-state index in [1.54, 1.807) is 0 Å². The van der Waals surface area contributed by atoms with Crippen molar-refractivity contribution in [2.45, 2.75) is 0 Å². The van der Waals surface area contributed by atoms with Crippen LogP contribution in [0.15, 0.2) is 23.6 Å². The molecule has 0 saturated heterocycles. The lowest BCUT2D eigenvalue weighted by molar-refractivity contribution is 0.356. The molecule has 0 aliphatic rings. The molecule has 0 bridgehead atoms. The first-order valence-electron chi connectivity index (χ1n) is 2.32. The number of alkyl halides is 1. The van der Waals surface area contributed by atoms with E-state index in [0.29, 0.717) is 0 Å². The molecule has 0 unspecified atom stereocenters. The van der Waals surface area contributed by atoms with Crippen molar-refractivity contribution < 1.29 is 26.3 Å². The van der Waals surface area contributed by atoms with Crippen LogP contribution in [0.1, 0.15) is 0 Å². The lowest BCUT2D eigenvalue weighted by Crippen LogP contribution is -1.89. The average Bonchev–Trinajstić information content (AvgIpc) is 1.88. The molecule has 0 atom stereocenters. The summed E-state index contributed by atoms with van der Waals surface area (Å²) >= 11 is 0. The maximum atomic E-state index is 11.8. The minimum absolute atomic E-state index is 1.90. The van der Waals surface area contributed by atoms with E-state index in [4.69, 9.17) is 0 Å². The van der Waals surface area contributed by atoms with Gasteiger partial charge in [0, 0.05) is 0 Å². The Labute approximate surface area is 57.8 Å². The predicted molar refractivity (Wildman–Crippen MR) is 25.6 cm³/mol. The summed E-state index contributed by atoms with van der Waals surface area (Å²) in [5.41, 5.74) is -1.90. The highest BCUT2D eigenvalue weighted by atomic mass is 19.3. The van der Waals surface area contributed by atoms with Gasteiger partial charge in [-0.3, -0.25) is 0 Å². The molecule has 0 rings (SSSR count). The zero-order chi connectivity index (χ0) is 9.02. The molecule has 0 N–H and O–H groups in total. The molecule has 0 aliphatic heterocycles. The minimum atomic E-state index is -2.95. The summed E-state index contributed by atoms with van der Waals surface area (Å²) in [6, 6.07) is 0. The minimum Gasteiger partial charge on any atom is -0.246 e. The highest BCUT2D eigenvalue weighted by Crippen LogP contribution is 2.23. The van der Waals surface area contributed by atoms with Crippen LogP contribution in [0.3, 0.4) is 0 Å². The third-order valence-corrected chi connectivity index (χ3v) is 0.793. The summed E-state index contributed by atoms with van der Waals surface area (Å²) in [5.74, 6) is -2.49. The van der Waals surface area contributed by atoms with E-state index in [0.717, 1.165) is 0 Å². The first-order valence-corrected chi connectivity index (χ1v) is 2.32. The Morgan fingerprint density at radius 1 is 0.818 bits per heavy atom. The third-order valence-electron chi connectivity index (χ3n) is 0.793. The van der Waals surface area contributed by atoms with Gasteiger partial charge in [0.25, 0.3) is 6.08 Å². The van der Waals surface area contributed by atoms with Gasteiger partial charge in [0.1, 0.15) is 6.67 Å². The first kappa shape index (κ1) is 10.1. The molecule has 6 heteroatoms. The predicted octanol–water partition coefficient (Wildman–Crippen LogP) is 3.18. The van der Waals surface area contributed by atoms with Crippen LogP contribution in [-0.4, -0.2) is 6.67 Å². The lowest BCUT2D eigenvalue weighted by Gasteiger charge is -1.94. The standard InChI is InChI=1S/C5H2F6/c6-1-2(4(8)9)3(7)5(10)11/h1H2. The second-order valence-electron chi connectivity index (χ2n) is 1.45. The largest absolute Gasteiger partial charge is 0.306 e. The van der Waals surface area contributed by atoms with E-state index in [1.165, 1.54) is 0 Å². The summed E-state index contributed by atoms with van der Waals surface area (Å²) in [6.07, 6.45) is -5.73.